The summed E-state index contributed by atoms with van der Waals surface area (Å²) < 4.78 is 13.9. The standard InChI is InChI=1S/C12H15FN2O2/c1-15(7-8-3-2-4-8)11-10(13)9(12(16)17)5-6-14-11/h5-6,8H,2-4,7H2,1H3,(H,16,17). The van der Waals surface area contributed by atoms with E-state index >= 15 is 0 Å². The third kappa shape index (κ3) is 2.38. The molecule has 1 aliphatic rings. The molecule has 0 bridgehead atoms. The maximum atomic E-state index is 13.9. The van der Waals surface area contributed by atoms with Gasteiger partial charge in [0.2, 0.25) is 0 Å². The lowest BCUT2D eigenvalue weighted by Crippen LogP contribution is -2.30. The molecule has 1 fully saturated rings. The van der Waals surface area contributed by atoms with Gasteiger partial charge in [0.15, 0.2) is 11.6 Å². The van der Waals surface area contributed by atoms with Crippen molar-refractivity contribution in [2.45, 2.75) is 19.3 Å². The highest BCUT2D eigenvalue weighted by Gasteiger charge is 2.23. The molecule has 1 aromatic rings. The molecule has 0 radical (unpaired) electrons. The van der Waals surface area contributed by atoms with Crippen LogP contribution in [0.1, 0.15) is 29.6 Å². The van der Waals surface area contributed by atoms with Crippen molar-refractivity contribution >= 4 is 11.8 Å². The quantitative estimate of drug-likeness (QED) is 0.873. The Morgan fingerprint density at radius 2 is 2.35 bits per heavy atom. The summed E-state index contributed by atoms with van der Waals surface area (Å²) in [7, 11) is 1.75. The number of nitrogens with zero attached hydrogens (tertiary/aromatic N) is 2. The van der Waals surface area contributed by atoms with Crippen LogP contribution in [-0.4, -0.2) is 29.7 Å². The second kappa shape index (κ2) is 4.69. The van der Waals surface area contributed by atoms with Crippen LogP contribution in [0.15, 0.2) is 12.3 Å². The molecule has 0 saturated heterocycles. The topological polar surface area (TPSA) is 53.4 Å². The minimum atomic E-state index is -1.26. The number of carboxylic acid groups (broad SMARTS) is 1. The van der Waals surface area contributed by atoms with E-state index in [0.717, 1.165) is 19.4 Å². The largest absolute Gasteiger partial charge is 0.478 e. The van der Waals surface area contributed by atoms with Gasteiger partial charge in [-0.1, -0.05) is 6.42 Å². The normalized spacial score (nSPS) is 15.4. The van der Waals surface area contributed by atoms with Crippen LogP contribution in [-0.2, 0) is 0 Å². The molecule has 5 heteroatoms. The van der Waals surface area contributed by atoms with Gasteiger partial charge in [-0.15, -0.1) is 0 Å². The Kier molecular flexibility index (Phi) is 3.26. The van der Waals surface area contributed by atoms with Crippen molar-refractivity contribution in [1.82, 2.24) is 4.98 Å². The maximum absolute atomic E-state index is 13.9. The zero-order valence-electron chi connectivity index (χ0n) is 9.69. The average Bonchev–Trinajstić information content (AvgIpc) is 2.23. The highest BCUT2D eigenvalue weighted by Crippen LogP contribution is 2.28. The number of hydrogen-bond donors (Lipinski definition) is 1. The first kappa shape index (κ1) is 11.8. The van der Waals surface area contributed by atoms with E-state index in [1.54, 1.807) is 11.9 Å². The number of aromatic carboxylic acids is 1. The molecule has 4 nitrogen and oxygen atoms in total. The molecule has 1 aromatic heterocycles. The number of aromatic nitrogens is 1. The van der Waals surface area contributed by atoms with E-state index in [9.17, 15) is 9.18 Å². The van der Waals surface area contributed by atoms with Gasteiger partial charge in [0.05, 0.1) is 0 Å². The summed E-state index contributed by atoms with van der Waals surface area (Å²) in [5, 5.41) is 8.82. The summed E-state index contributed by atoms with van der Waals surface area (Å²) in [4.78, 5) is 16.4. The summed E-state index contributed by atoms with van der Waals surface area (Å²) in [5.41, 5.74) is -0.324. The molecule has 0 atom stereocenters. The van der Waals surface area contributed by atoms with Crippen molar-refractivity contribution < 1.29 is 14.3 Å². The minimum absolute atomic E-state index is 0.122. The predicted octanol–water partition coefficient (Wildman–Crippen LogP) is 2.16. The molecule has 1 N–H and O–H groups in total. The second-order valence-corrected chi connectivity index (χ2v) is 4.48. The Morgan fingerprint density at radius 1 is 1.65 bits per heavy atom. The van der Waals surface area contributed by atoms with Crippen LogP contribution in [0.4, 0.5) is 10.2 Å². The van der Waals surface area contributed by atoms with Crippen LogP contribution >= 0.6 is 0 Å². The molecule has 92 valence electrons. The van der Waals surface area contributed by atoms with Crippen molar-refractivity contribution in [1.29, 1.82) is 0 Å². The van der Waals surface area contributed by atoms with Gasteiger partial charge in [0, 0.05) is 19.8 Å². The summed E-state index contributed by atoms with van der Waals surface area (Å²) in [6.07, 6.45) is 4.87. The lowest BCUT2D eigenvalue weighted by atomic mass is 9.85. The van der Waals surface area contributed by atoms with E-state index < -0.39 is 11.8 Å². The maximum Gasteiger partial charge on any atom is 0.338 e. The van der Waals surface area contributed by atoms with E-state index in [0.29, 0.717) is 5.92 Å². The number of halogens is 1. The first-order valence-corrected chi connectivity index (χ1v) is 5.68. The highest BCUT2D eigenvalue weighted by atomic mass is 19.1. The smallest absolute Gasteiger partial charge is 0.338 e. The van der Waals surface area contributed by atoms with Gasteiger partial charge in [-0.3, -0.25) is 0 Å². The third-order valence-electron chi connectivity index (χ3n) is 3.22. The number of rotatable bonds is 4. The van der Waals surface area contributed by atoms with Crippen molar-refractivity contribution in [3.05, 3.63) is 23.6 Å². The molecule has 2 rings (SSSR count). The molecule has 1 saturated carbocycles. The summed E-state index contributed by atoms with van der Waals surface area (Å²) >= 11 is 0. The lowest BCUT2D eigenvalue weighted by molar-refractivity contribution is 0.0692. The van der Waals surface area contributed by atoms with E-state index in [4.69, 9.17) is 5.11 Å². The van der Waals surface area contributed by atoms with Crippen LogP contribution in [0.25, 0.3) is 0 Å². The fraction of sp³-hybridized carbons (Fsp3) is 0.500. The van der Waals surface area contributed by atoms with Crippen LogP contribution < -0.4 is 4.90 Å². The number of carboxylic acids is 1. The van der Waals surface area contributed by atoms with Gasteiger partial charge in [0.25, 0.3) is 0 Å². The molecule has 0 aromatic carbocycles. The molecular weight excluding hydrogens is 223 g/mol. The minimum Gasteiger partial charge on any atom is -0.478 e. The van der Waals surface area contributed by atoms with Crippen LogP contribution in [0, 0.1) is 11.7 Å². The molecule has 0 amide bonds. The van der Waals surface area contributed by atoms with Gasteiger partial charge in [-0.25, -0.2) is 14.2 Å². The SMILES string of the molecule is CN(CC1CCC1)c1nccc(C(=O)O)c1F. The van der Waals surface area contributed by atoms with Gasteiger partial charge in [0.1, 0.15) is 5.56 Å². The van der Waals surface area contributed by atoms with E-state index in [1.165, 1.54) is 18.7 Å². The van der Waals surface area contributed by atoms with Crippen molar-refractivity contribution in [3.63, 3.8) is 0 Å². The summed E-state index contributed by atoms with van der Waals surface area (Å²) in [6, 6.07) is 1.18. The Hall–Kier alpha value is -1.65. The van der Waals surface area contributed by atoms with Gasteiger partial charge in [-0.2, -0.15) is 0 Å². The zero-order valence-corrected chi connectivity index (χ0v) is 9.69. The molecule has 17 heavy (non-hydrogen) atoms. The zero-order chi connectivity index (χ0) is 12.4. The number of carbonyl (C=O) groups is 1. The van der Waals surface area contributed by atoms with Crippen LogP contribution in [0.3, 0.4) is 0 Å². The average molecular weight is 238 g/mol. The monoisotopic (exact) mass is 238 g/mol. The first-order chi connectivity index (χ1) is 8.09. The van der Waals surface area contributed by atoms with Crippen LogP contribution in [0.5, 0.6) is 0 Å². The van der Waals surface area contributed by atoms with Gasteiger partial charge in [-0.05, 0) is 24.8 Å². The first-order valence-electron chi connectivity index (χ1n) is 5.68. The predicted molar refractivity (Wildman–Crippen MR) is 61.8 cm³/mol. The number of hydrogen-bond acceptors (Lipinski definition) is 3. The van der Waals surface area contributed by atoms with Gasteiger partial charge < -0.3 is 10.0 Å². The number of anilines is 1. The van der Waals surface area contributed by atoms with Crippen molar-refractivity contribution in [3.8, 4) is 0 Å². The molecule has 0 aliphatic heterocycles. The number of pyridine rings is 1. The summed E-state index contributed by atoms with van der Waals surface area (Å²) in [5.74, 6) is -1.31. The second-order valence-electron chi connectivity index (χ2n) is 4.48. The van der Waals surface area contributed by atoms with Crippen LogP contribution in [0.2, 0.25) is 0 Å². The molecular formula is C12H15FN2O2. The lowest BCUT2D eigenvalue weighted by Gasteiger charge is -2.30. The van der Waals surface area contributed by atoms with E-state index in [2.05, 4.69) is 4.98 Å². The highest BCUT2D eigenvalue weighted by molar-refractivity contribution is 5.88. The van der Waals surface area contributed by atoms with E-state index in [1.807, 2.05) is 0 Å². The molecule has 1 heterocycles. The summed E-state index contributed by atoms with van der Waals surface area (Å²) in [6.45, 7) is 0.729. The Labute approximate surface area is 99.1 Å². The fourth-order valence-corrected chi connectivity index (χ4v) is 2.01. The Morgan fingerprint density at radius 3 is 2.88 bits per heavy atom. The van der Waals surface area contributed by atoms with Gasteiger partial charge >= 0.3 is 5.97 Å². The Bertz CT molecular complexity index is 433. The Balaban J connectivity index is 2.18. The van der Waals surface area contributed by atoms with E-state index in [-0.39, 0.29) is 11.4 Å². The molecule has 1 aliphatic carbocycles. The van der Waals surface area contributed by atoms with Crippen molar-refractivity contribution in [2.75, 3.05) is 18.5 Å². The fourth-order valence-electron chi connectivity index (χ4n) is 2.01. The third-order valence-corrected chi connectivity index (χ3v) is 3.22. The van der Waals surface area contributed by atoms with Crippen molar-refractivity contribution in [2.24, 2.45) is 5.92 Å². The molecule has 0 spiro atoms. The molecule has 0 unspecified atom stereocenters.